The molecule has 4 rings (SSSR count). The Morgan fingerprint density at radius 1 is 1.09 bits per heavy atom. The van der Waals surface area contributed by atoms with Gasteiger partial charge in [0.1, 0.15) is 16.8 Å². The number of ether oxygens (including phenoxy) is 1. The molecule has 0 saturated heterocycles. The van der Waals surface area contributed by atoms with Gasteiger partial charge in [0.25, 0.3) is 5.91 Å². The molecular formula is C25H26Cl2N2O3. The maximum Gasteiger partial charge on any atom is 0.269 e. The average Bonchev–Trinajstić information content (AvgIpc) is 3.09. The first-order valence-corrected chi connectivity index (χ1v) is 11.5. The van der Waals surface area contributed by atoms with E-state index in [1.165, 1.54) is 17.5 Å². The first-order valence-electron chi connectivity index (χ1n) is 10.7. The Labute approximate surface area is 198 Å². The van der Waals surface area contributed by atoms with E-state index in [2.05, 4.69) is 23.0 Å². The Morgan fingerprint density at radius 3 is 2.66 bits per heavy atom. The van der Waals surface area contributed by atoms with E-state index < -0.39 is 5.91 Å². The van der Waals surface area contributed by atoms with Gasteiger partial charge < -0.3 is 4.74 Å². The summed E-state index contributed by atoms with van der Waals surface area (Å²) in [7, 11) is 0. The molecule has 5 nitrogen and oxygen atoms in total. The van der Waals surface area contributed by atoms with Gasteiger partial charge in [0.2, 0.25) is 5.91 Å². The van der Waals surface area contributed by atoms with Crippen molar-refractivity contribution in [3.63, 3.8) is 0 Å². The minimum absolute atomic E-state index is 0.0657. The second-order valence-electron chi connectivity index (χ2n) is 9.00. The number of hydrazine groups is 1. The zero-order chi connectivity index (χ0) is 22.9. The van der Waals surface area contributed by atoms with Crippen molar-refractivity contribution >= 4 is 35.0 Å². The Hall–Kier alpha value is -2.50. The van der Waals surface area contributed by atoms with E-state index in [0.717, 1.165) is 24.2 Å². The summed E-state index contributed by atoms with van der Waals surface area (Å²) in [5, 5.41) is 0. The van der Waals surface area contributed by atoms with Crippen LogP contribution in [-0.2, 0) is 24.2 Å². The SMILES string of the molecule is CC1(C)C(C=C(Cl)Cl)C1C(=O)NNC(=O)c1cccc(COc2ccc3c(c2)CCC3)c1. The lowest BCUT2D eigenvalue weighted by atomic mass is 10.1. The number of carbonyl (C=O) groups excluding carboxylic acids is 2. The number of benzene rings is 2. The normalized spacial score (nSPS) is 20.1. The number of amides is 2. The monoisotopic (exact) mass is 472 g/mol. The molecule has 0 aromatic heterocycles. The summed E-state index contributed by atoms with van der Waals surface area (Å²) in [6.07, 6.45) is 5.10. The highest BCUT2D eigenvalue weighted by molar-refractivity contribution is 6.55. The average molecular weight is 473 g/mol. The van der Waals surface area contributed by atoms with E-state index in [1.54, 1.807) is 24.3 Å². The Morgan fingerprint density at radius 2 is 1.88 bits per heavy atom. The van der Waals surface area contributed by atoms with E-state index in [-0.39, 0.29) is 27.6 Å². The van der Waals surface area contributed by atoms with Crippen molar-refractivity contribution in [3.05, 3.63) is 75.3 Å². The number of nitrogens with one attached hydrogen (secondary N) is 2. The fraction of sp³-hybridized carbons (Fsp3) is 0.360. The van der Waals surface area contributed by atoms with Gasteiger partial charge in [-0.25, -0.2) is 0 Å². The highest BCUT2D eigenvalue weighted by Gasteiger charge is 2.60. The van der Waals surface area contributed by atoms with Crippen LogP contribution in [0.25, 0.3) is 0 Å². The minimum atomic E-state index is -0.390. The molecule has 1 saturated carbocycles. The van der Waals surface area contributed by atoms with Crippen LogP contribution in [0.2, 0.25) is 0 Å². The quantitative estimate of drug-likeness (QED) is 0.574. The van der Waals surface area contributed by atoms with Crippen LogP contribution < -0.4 is 15.6 Å². The molecule has 2 aliphatic rings. The van der Waals surface area contributed by atoms with Crippen LogP contribution in [0, 0.1) is 17.3 Å². The highest BCUT2D eigenvalue weighted by Crippen LogP contribution is 2.59. The number of fused-ring (bicyclic) bond motifs is 1. The maximum atomic E-state index is 12.5. The third kappa shape index (κ3) is 4.94. The molecule has 2 unspecified atom stereocenters. The van der Waals surface area contributed by atoms with Crippen molar-refractivity contribution < 1.29 is 14.3 Å². The third-order valence-corrected chi connectivity index (χ3v) is 6.71. The number of hydrogen-bond acceptors (Lipinski definition) is 3. The molecule has 2 aliphatic carbocycles. The molecule has 2 amide bonds. The molecule has 0 radical (unpaired) electrons. The molecule has 2 aromatic carbocycles. The van der Waals surface area contributed by atoms with Crippen LogP contribution >= 0.6 is 23.2 Å². The lowest BCUT2D eigenvalue weighted by Crippen LogP contribution is -2.43. The van der Waals surface area contributed by atoms with E-state index in [1.807, 2.05) is 26.0 Å². The summed E-state index contributed by atoms with van der Waals surface area (Å²) >= 11 is 11.5. The summed E-state index contributed by atoms with van der Waals surface area (Å²) in [6.45, 7) is 4.28. The first kappa shape index (κ1) is 22.7. The molecule has 2 aromatic rings. The molecule has 0 aliphatic heterocycles. The van der Waals surface area contributed by atoms with Gasteiger partial charge in [-0.2, -0.15) is 0 Å². The van der Waals surface area contributed by atoms with Crippen molar-refractivity contribution in [2.45, 2.75) is 39.7 Å². The number of carbonyl (C=O) groups is 2. The maximum absolute atomic E-state index is 12.5. The number of halogens is 2. The van der Waals surface area contributed by atoms with Crippen LogP contribution in [0.1, 0.15) is 47.3 Å². The minimum Gasteiger partial charge on any atom is -0.489 e. The van der Waals surface area contributed by atoms with Gasteiger partial charge in [-0.15, -0.1) is 0 Å². The van der Waals surface area contributed by atoms with Crippen molar-refractivity contribution in [1.82, 2.24) is 10.9 Å². The van der Waals surface area contributed by atoms with Crippen LogP contribution in [-0.4, -0.2) is 11.8 Å². The predicted molar refractivity (Wildman–Crippen MR) is 125 cm³/mol. The number of hydrogen-bond donors (Lipinski definition) is 2. The molecule has 2 atom stereocenters. The highest BCUT2D eigenvalue weighted by atomic mass is 35.5. The van der Waals surface area contributed by atoms with E-state index in [4.69, 9.17) is 27.9 Å². The van der Waals surface area contributed by atoms with Gasteiger partial charge in [-0.05, 0) is 77.6 Å². The first-order chi connectivity index (χ1) is 15.3. The lowest BCUT2D eigenvalue weighted by molar-refractivity contribution is -0.123. The zero-order valence-electron chi connectivity index (χ0n) is 18.1. The smallest absolute Gasteiger partial charge is 0.269 e. The van der Waals surface area contributed by atoms with Gasteiger partial charge in [-0.1, -0.05) is 55.2 Å². The van der Waals surface area contributed by atoms with Gasteiger partial charge in [0.05, 0.1) is 5.92 Å². The largest absolute Gasteiger partial charge is 0.489 e. The van der Waals surface area contributed by atoms with Crippen LogP contribution in [0.3, 0.4) is 0 Å². The Bertz CT molecular complexity index is 1080. The third-order valence-electron chi connectivity index (χ3n) is 6.46. The summed E-state index contributed by atoms with van der Waals surface area (Å²) in [5.74, 6) is -0.194. The molecule has 1 fully saturated rings. The summed E-state index contributed by atoms with van der Waals surface area (Å²) < 4.78 is 6.07. The summed E-state index contributed by atoms with van der Waals surface area (Å²) in [4.78, 5) is 25.0. The predicted octanol–water partition coefficient (Wildman–Crippen LogP) is 5.11. The van der Waals surface area contributed by atoms with Gasteiger partial charge in [0, 0.05) is 5.56 Å². The summed E-state index contributed by atoms with van der Waals surface area (Å²) in [6, 6.07) is 13.4. The topological polar surface area (TPSA) is 67.4 Å². The lowest BCUT2D eigenvalue weighted by Gasteiger charge is -2.11. The zero-order valence-corrected chi connectivity index (χ0v) is 19.6. The molecule has 0 bridgehead atoms. The van der Waals surface area contributed by atoms with E-state index >= 15 is 0 Å². The standard InChI is InChI=1S/C25H26Cl2N2O3/c1-25(2)20(13-21(26)27)22(25)24(31)29-28-23(30)18-8-3-5-15(11-18)14-32-19-10-9-16-6-4-7-17(16)12-19/h3,5,8-13,20,22H,4,6-7,14H2,1-2H3,(H,28,30)(H,29,31). The molecule has 32 heavy (non-hydrogen) atoms. The molecule has 168 valence electrons. The Kier molecular flexibility index (Phi) is 6.50. The van der Waals surface area contributed by atoms with E-state index in [0.29, 0.717) is 12.2 Å². The van der Waals surface area contributed by atoms with Gasteiger partial charge in [-0.3, -0.25) is 20.4 Å². The van der Waals surface area contributed by atoms with Crippen molar-refractivity contribution in [2.75, 3.05) is 0 Å². The fourth-order valence-corrected chi connectivity index (χ4v) is 4.77. The van der Waals surface area contributed by atoms with Crippen molar-refractivity contribution in [3.8, 4) is 5.75 Å². The molecule has 7 heteroatoms. The van der Waals surface area contributed by atoms with E-state index in [9.17, 15) is 9.59 Å². The second-order valence-corrected chi connectivity index (χ2v) is 10.0. The molecule has 0 heterocycles. The molecule has 0 spiro atoms. The number of allylic oxidation sites excluding steroid dienone is 1. The molecular weight excluding hydrogens is 447 g/mol. The van der Waals surface area contributed by atoms with Gasteiger partial charge >= 0.3 is 0 Å². The second kappa shape index (κ2) is 9.16. The molecule has 2 N–H and O–H groups in total. The number of rotatable bonds is 6. The van der Waals surface area contributed by atoms with Crippen molar-refractivity contribution in [1.29, 1.82) is 0 Å². The number of aryl methyl sites for hydroxylation is 2. The van der Waals surface area contributed by atoms with Crippen LogP contribution in [0.5, 0.6) is 5.75 Å². The Balaban J connectivity index is 1.31. The summed E-state index contributed by atoms with van der Waals surface area (Å²) in [5.41, 5.74) is 8.82. The van der Waals surface area contributed by atoms with Gasteiger partial charge in [0.15, 0.2) is 0 Å². The van der Waals surface area contributed by atoms with Crippen LogP contribution in [0.15, 0.2) is 53.0 Å². The van der Waals surface area contributed by atoms with Crippen LogP contribution in [0.4, 0.5) is 0 Å². The van der Waals surface area contributed by atoms with Crippen molar-refractivity contribution in [2.24, 2.45) is 17.3 Å². The fourth-order valence-electron chi connectivity index (χ4n) is 4.50.